The Morgan fingerprint density at radius 1 is 1.33 bits per heavy atom. The van der Waals surface area contributed by atoms with E-state index in [0.717, 1.165) is 0 Å². The van der Waals surface area contributed by atoms with Crippen LogP contribution in [0.5, 0.6) is 5.75 Å². The van der Waals surface area contributed by atoms with Crippen LogP contribution in [-0.2, 0) is 14.8 Å². The second-order valence-corrected chi connectivity index (χ2v) is 6.47. The molecule has 0 aromatic heterocycles. The molecule has 0 saturated carbocycles. The molecule has 1 amide bonds. The largest absolute Gasteiger partial charge is 0.495 e. The third-order valence-corrected chi connectivity index (χ3v) is 4.04. The summed E-state index contributed by atoms with van der Waals surface area (Å²) >= 11 is 0. The van der Waals surface area contributed by atoms with E-state index in [4.69, 9.17) is 4.74 Å². The van der Waals surface area contributed by atoms with Gasteiger partial charge < -0.3 is 10.1 Å². The predicted molar refractivity (Wildman–Crippen MR) is 81.6 cm³/mol. The average Bonchev–Trinajstić information content (AvgIpc) is 2.44. The van der Waals surface area contributed by atoms with Crippen LogP contribution in [0, 0.1) is 0 Å². The Kier molecular flexibility index (Phi) is 5.92. The van der Waals surface area contributed by atoms with Crippen molar-refractivity contribution < 1.29 is 17.9 Å². The number of nitrogens with one attached hydrogen (secondary N) is 2. The molecule has 116 valence electrons. The Morgan fingerprint density at radius 3 is 2.52 bits per heavy atom. The standard InChI is InChI=1S/C14H20N2O4S/c1-10(2)16-14(17)8-6-11-5-7-12(20-4)13(9-11)21(18,19)15-3/h5-10,15H,1-4H3,(H,16,17)/b8-6+. The van der Waals surface area contributed by atoms with Crippen LogP contribution in [0.1, 0.15) is 19.4 Å². The van der Waals surface area contributed by atoms with Crippen molar-refractivity contribution in [3.05, 3.63) is 29.8 Å². The van der Waals surface area contributed by atoms with E-state index >= 15 is 0 Å². The van der Waals surface area contributed by atoms with Gasteiger partial charge in [0.2, 0.25) is 15.9 Å². The second kappa shape index (κ2) is 7.24. The lowest BCUT2D eigenvalue weighted by molar-refractivity contribution is -0.116. The Morgan fingerprint density at radius 2 is 2.00 bits per heavy atom. The number of methoxy groups -OCH3 is 1. The molecule has 1 aromatic carbocycles. The highest BCUT2D eigenvalue weighted by atomic mass is 32.2. The van der Waals surface area contributed by atoms with Crippen LogP contribution in [0.2, 0.25) is 0 Å². The zero-order valence-corrected chi connectivity index (χ0v) is 13.3. The van der Waals surface area contributed by atoms with E-state index in [1.807, 2.05) is 13.8 Å². The van der Waals surface area contributed by atoms with Gasteiger partial charge in [0.1, 0.15) is 10.6 Å². The van der Waals surface area contributed by atoms with Gasteiger partial charge in [0.25, 0.3) is 0 Å². The third-order valence-electron chi connectivity index (χ3n) is 2.60. The fourth-order valence-electron chi connectivity index (χ4n) is 1.62. The van der Waals surface area contributed by atoms with Gasteiger partial charge >= 0.3 is 0 Å². The molecular formula is C14H20N2O4S. The van der Waals surface area contributed by atoms with E-state index in [2.05, 4.69) is 10.0 Å². The normalized spacial score (nSPS) is 11.9. The average molecular weight is 312 g/mol. The van der Waals surface area contributed by atoms with E-state index in [9.17, 15) is 13.2 Å². The third kappa shape index (κ3) is 4.87. The number of sulfonamides is 1. The van der Waals surface area contributed by atoms with E-state index < -0.39 is 10.0 Å². The first kappa shape index (κ1) is 17.2. The molecule has 7 heteroatoms. The molecular weight excluding hydrogens is 292 g/mol. The van der Waals surface area contributed by atoms with Crippen LogP contribution in [0.3, 0.4) is 0 Å². The van der Waals surface area contributed by atoms with Gasteiger partial charge in [-0.3, -0.25) is 4.79 Å². The lowest BCUT2D eigenvalue weighted by Gasteiger charge is -2.09. The molecule has 0 aliphatic heterocycles. The highest BCUT2D eigenvalue weighted by Crippen LogP contribution is 2.25. The smallest absolute Gasteiger partial charge is 0.244 e. The maximum Gasteiger partial charge on any atom is 0.244 e. The minimum absolute atomic E-state index is 0.0268. The van der Waals surface area contributed by atoms with Crippen LogP contribution < -0.4 is 14.8 Å². The van der Waals surface area contributed by atoms with Gasteiger partial charge in [-0.15, -0.1) is 0 Å². The molecule has 0 saturated heterocycles. The Balaban J connectivity index is 3.09. The molecule has 6 nitrogen and oxygen atoms in total. The number of hydrogen-bond donors (Lipinski definition) is 2. The topological polar surface area (TPSA) is 84.5 Å². The second-order valence-electron chi connectivity index (χ2n) is 4.61. The first-order chi connectivity index (χ1) is 9.80. The van der Waals surface area contributed by atoms with E-state index in [1.165, 1.54) is 26.3 Å². The molecule has 21 heavy (non-hydrogen) atoms. The summed E-state index contributed by atoms with van der Waals surface area (Å²) in [5.74, 6) is 0.00646. The molecule has 0 unspecified atom stereocenters. The van der Waals surface area contributed by atoms with E-state index in [0.29, 0.717) is 5.56 Å². The molecule has 0 spiro atoms. The zero-order valence-electron chi connectivity index (χ0n) is 12.5. The first-order valence-electron chi connectivity index (χ1n) is 6.40. The van der Waals surface area contributed by atoms with E-state index in [1.54, 1.807) is 18.2 Å². The summed E-state index contributed by atoms with van der Waals surface area (Å²) in [7, 11) is -0.905. The van der Waals surface area contributed by atoms with Crippen molar-refractivity contribution in [2.24, 2.45) is 0 Å². The maximum atomic E-state index is 11.9. The number of hydrogen-bond acceptors (Lipinski definition) is 4. The number of ether oxygens (including phenoxy) is 1. The van der Waals surface area contributed by atoms with Gasteiger partial charge in [-0.2, -0.15) is 0 Å². The van der Waals surface area contributed by atoms with Crippen molar-refractivity contribution >= 4 is 22.0 Å². The Labute approximate surface area is 125 Å². The summed E-state index contributed by atoms with van der Waals surface area (Å²) in [4.78, 5) is 11.6. The number of carbonyl (C=O) groups is 1. The molecule has 0 fully saturated rings. The van der Waals surface area contributed by atoms with Crippen LogP contribution in [0.4, 0.5) is 0 Å². The molecule has 2 N–H and O–H groups in total. The van der Waals surface area contributed by atoms with Crippen molar-refractivity contribution in [2.45, 2.75) is 24.8 Å². The molecule has 0 aliphatic carbocycles. The SMILES string of the molecule is CNS(=O)(=O)c1cc(/C=C/C(=O)NC(C)C)ccc1OC. The number of rotatable bonds is 6. The predicted octanol–water partition coefficient (Wildman–Crippen LogP) is 1.14. The Bertz CT molecular complexity index is 636. The van der Waals surface area contributed by atoms with Gasteiger partial charge in [-0.05, 0) is 44.7 Å². The van der Waals surface area contributed by atoms with Gasteiger partial charge in [-0.1, -0.05) is 6.07 Å². The van der Waals surface area contributed by atoms with Crippen molar-refractivity contribution in [1.82, 2.24) is 10.0 Å². The molecule has 1 rings (SSSR count). The van der Waals surface area contributed by atoms with E-state index in [-0.39, 0.29) is 22.6 Å². The van der Waals surface area contributed by atoms with Crippen LogP contribution in [-0.4, -0.2) is 34.5 Å². The summed E-state index contributed by atoms with van der Waals surface area (Å²) in [5, 5.41) is 2.71. The van der Waals surface area contributed by atoms with Gasteiger partial charge in [-0.25, -0.2) is 13.1 Å². The van der Waals surface area contributed by atoms with Crippen LogP contribution in [0.15, 0.2) is 29.2 Å². The first-order valence-corrected chi connectivity index (χ1v) is 7.88. The van der Waals surface area contributed by atoms with Crippen LogP contribution >= 0.6 is 0 Å². The minimum atomic E-state index is -3.63. The number of amides is 1. The Hall–Kier alpha value is -1.86. The summed E-state index contributed by atoms with van der Waals surface area (Å²) in [6.45, 7) is 3.72. The summed E-state index contributed by atoms with van der Waals surface area (Å²) < 4.78 is 31.1. The summed E-state index contributed by atoms with van der Waals surface area (Å²) in [5.41, 5.74) is 0.587. The maximum absolute atomic E-state index is 11.9. The molecule has 0 aliphatic rings. The van der Waals surface area contributed by atoms with Gasteiger partial charge in [0.15, 0.2) is 0 Å². The summed E-state index contributed by atoms with van der Waals surface area (Å²) in [6, 6.07) is 4.71. The zero-order chi connectivity index (χ0) is 16.0. The lowest BCUT2D eigenvalue weighted by Crippen LogP contribution is -2.28. The molecule has 0 heterocycles. The fourth-order valence-corrected chi connectivity index (χ4v) is 2.55. The van der Waals surface area contributed by atoms with Crippen molar-refractivity contribution in [2.75, 3.05) is 14.2 Å². The molecule has 0 radical (unpaired) electrons. The van der Waals surface area contributed by atoms with Crippen LogP contribution in [0.25, 0.3) is 6.08 Å². The highest BCUT2D eigenvalue weighted by Gasteiger charge is 2.17. The molecule has 0 atom stereocenters. The van der Waals surface area contributed by atoms with Gasteiger partial charge in [0.05, 0.1) is 7.11 Å². The van der Waals surface area contributed by atoms with Crippen molar-refractivity contribution in [3.8, 4) is 5.75 Å². The van der Waals surface area contributed by atoms with Crippen molar-refractivity contribution in [3.63, 3.8) is 0 Å². The molecule has 1 aromatic rings. The fraction of sp³-hybridized carbons (Fsp3) is 0.357. The number of benzene rings is 1. The van der Waals surface area contributed by atoms with Crippen molar-refractivity contribution in [1.29, 1.82) is 0 Å². The summed E-state index contributed by atoms with van der Waals surface area (Å²) in [6.07, 6.45) is 2.91. The lowest BCUT2D eigenvalue weighted by atomic mass is 10.2. The highest BCUT2D eigenvalue weighted by molar-refractivity contribution is 7.89. The number of carbonyl (C=O) groups excluding carboxylic acids is 1. The minimum Gasteiger partial charge on any atom is -0.495 e. The van der Waals surface area contributed by atoms with Gasteiger partial charge in [0, 0.05) is 12.1 Å². The quantitative estimate of drug-likeness (QED) is 0.772. The molecule has 0 bridgehead atoms. The monoisotopic (exact) mass is 312 g/mol.